The molecule has 3 nitrogen and oxygen atoms in total. The molecule has 0 bridgehead atoms. The van der Waals surface area contributed by atoms with E-state index in [0.717, 1.165) is 18.7 Å². The van der Waals surface area contributed by atoms with Crippen LogP contribution in [-0.2, 0) is 12.8 Å². The highest BCUT2D eigenvalue weighted by Crippen LogP contribution is 2.27. The number of nitrogens with one attached hydrogen (secondary N) is 1. The van der Waals surface area contributed by atoms with Crippen molar-refractivity contribution in [2.45, 2.75) is 76.7 Å². The van der Waals surface area contributed by atoms with Crippen LogP contribution in [0.1, 0.15) is 69.0 Å². The quantitative estimate of drug-likeness (QED) is 0.876. The van der Waals surface area contributed by atoms with E-state index in [-0.39, 0.29) is 0 Å². The molecule has 0 aromatic carbocycles. The summed E-state index contributed by atoms with van der Waals surface area (Å²) in [6.45, 7) is 0. The maximum absolute atomic E-state index is 4.52. The summed E-state index contributed by atoms with van der Waals surface area (Å²) in [6.07, 6.45) is 16.2. The molecule has 0 saturated heterocycles. The predicted molar refractivity (Wildman–Crippen MR) is 78.4 cm³/mol. The van der Waals surface area contributed by atoms with E-state index in [9.17, 15) is 0 Å². The van der Waals surface area contributed by atoms with Gasteiger partial charge in [0.1, 0.15) is 12.1 Å². The zero-order valence-electron chi connectivity index (χ0n) is 11.8. The molecule has 104 valence electrons. The summed E-state index contributed by atoms with van der Waals surface area (Å²) in [5.74, 6) is 1.13. The number of hydrogen-bond acceptors (Lipinski definition) is 3. The minimum Gasteiger partial charge on any atom is -0.367 e. The van der Waals surface area contributed by atoms with Crippen molar-refractivity contribution in [1.82, 2.24) is 9.97 Å². The minimum absolute atomic E-state index is 0.626. The largest absolute Gasteiger partial charge is 0.367 e. The fraction of sp³-hybridized carbons (Fsp3) is 0.750. The number of anilines is 1. The van der Waals surface area contributed by atoms with Crippen LogP contribution >= 0.6 is 0 Å². The molecule has 1 saturated carbocycles. The van der Waals surface area contributed by atoms with Crippen molar-refractivity contribution in [2.75, 3.05) is 5.32 Å². The third-order valence-corrected chi connectivity index (χ3v) is 4.57. The number of rotatable bonds is 2. The highest BCUT2D eigenvalue weighted by atomic mass is 15.0. The number of aryl methyl sites for hydroxylation is 1. The number of fused-ring (bicyclic) bond motifs is 1. The Kier molecular flexibility index (Phi) is 4.31. The SMILES string of the molecule is c1nc2c(c(NC3CCCCCCC3)n1)CCCC2. The second-order valence-corrected chi connectivity index (χ2v) is 6.04. The monoisotopic (exact) mass is 259 g/mol. The summed E-state index contributed by atoms with van der Waals surface area (Å²) in [7, 11) is 0. The Morgan fingerprint density at radius 3 is 2.42 bits per heavy atom. The van der Waals surface area contributed by atoms with Gasteiger partial charge in [-0.05, 0) is 38.5 Å². The first-order valence-corrected chi connectivity index (χ1v) is 8.03. The lowest BCUT2D eigenvalue weighted by molar-refractivity contribution is 0.470. The van der Waals surface area contributed by atoms with E-state index in [1.165, 1.54) is 69.0 Å². The summed E-state index contributed by atoms with van der Waals surface area (Å²) < 4.78 is 0. The van der Waals surface area contributed by atoms with E-state index >= 15 is 0 Å². The highest BCUT2D eigenvalue weighted by Gasteiger charge is 2.18. The molecule has 0 spiro atoms. The van der Waals surface area contributed by atoms with Crippen molar-refractivity contribution < 1.29 is 0 Å². The van der Waals surface area contributed by atoms with Gasteiger partial charge in [-0.15, -0.1) is 0 Å². The zero-order valence-corrected chi connectivity index (χ0v) is 11.8. The second-order valence-electron chi connectivity index (χ2n) is 6.04. The van der Waals surface area contributed by atoms with Crippen molar-refractivity contribution in [3.63, 3.8) is 0 Å². The fourth-order valence-corrected chi connectivity index (χ4v) is 3.44. The van der Waals surface area contributed by atoms with Gasteiger partial charge in [0.2, 0.25) is 0 Å². The van der Waals surface area contributed by atoms with Crippen molar-refractivity contribution in [3.8, 4) is 0 Å². The zero-order chi connectivity index (χ0) is 12.9. The smallest absolute Gasteiger partial charge is 0.133 e. The number of nitrogens with zero attached hydrogens (tertiary/aromatic N) is 2. The number of hydrogen-bond donors (Lipinski definition) is 1. The maximum Gasteiger partial charge on any atom is 0.133 e. The van der Waals surface area contributed by atoms with Crippen LogP contribution in [0.4, 0.5) is 5.82 Å². The summed E-state index contributed by atoms with van der Waals surface area (Å²) in [5.41, 5.74) is 2.69. The molecule has 1 aromatic rings. The molecule has 0 amide bonds. The van der Waals surface area contributed by atoms with Gasteiger partial charge in [0, 0.05) is 17.3 Å². The van der Waals surface area contributed by atoms with Crippen LogP contribution in [0.2, 0.25) is 0 Å². The van der Waals surface area contributed by atoms with Crippen molar-refractivity contribution in [2.24, 2.45) is 0 Å². The topological polar surface area (TPSA) is 37.8 Å². The molecule has 19 heavy (non-hydrogen) atoms. The van der Waals surface area contributed by atoms with Gasteiger partial charge in [-0.1, -0.05) is 32.1 Å². The first kappa shape index (κ1) is 12.9. The predicted octanol–water partition coefficient (Wildman–Crippen LogP) is 3.88. The molecule has 1 fully saturated rings. The molecular weight excluding hydrogens is 234 g/mol. The summed E-state index contributed by atoms with van der Waals surface area (Å²) >= 11 is 0. The standard InChI is InChI=1S/C16H25N3/c1-2-4-8-13(9-5-3-1)19-16-14-10-6-7-11-15(14)17-12-18-16/h12-13H,1-11H2,(H,17,18,19). The van der Waals surface area contributed by atoms with E-state index in [1.54, 1.807) is 6.33 Å². The molecule has 1 N–H and O–H groups in total. The van der Waals surface area contributed by atoms with Crippen LogP contribution < -0.4 is 5.32 Å². The molecule has 1 aromatic heterocycles. The van der Waals surface area contributed by atoms with Gasteiger partial charge < -0.3 is 5.32 Å². The Labute approximate surface area is 116 Å². The summed E-state index contributed by atoms with van der Waals surface area (Å²) in [4.78, 5) is 8.97. The Morgan fingerprint density at radius 2 is 1.58 bits per heavy atom. The van der Waals surface area contributed by atoms with E-state index in [2.05, 4.69) is 15.3 Å². The molecule has 1 heterocycles. The normalized spacial score (nSPS) is 21.3. The summed E-state index contributed by atoms with van der Waals surface area (Å²) in [5, 5.41) is 3.73. The van der Waals surface area contributed by atoms with Gasteiger partial charge in [-0.2, -0.15) is 0 Å². The van der Waals surface area contributed by atoms with Crippen molar-refractivity contribution >= 4 is 5.82 Å². The Balaban J connectivity index is 1.71. The third kappa shape index (κ3) is 3.26. The van der Waals surface area contributed by atoms with Crippen LogP contribution in [0.15, 0.2) is 6.33 Å². The first-order valence-electron chi connectivity index (χ1n) is 8.03. The van der Waals surface area contributed by atoms with Gasteiger partial charge in [0.25, 0.3) is 0 Å². The van der Waals surface area contributed by atoms with Crippen LogP contribution in [0.25, 0.3) is 0 Å². The van der Waals surface area contributed by atoms with Gasteiger partial charge >= 0.3 is 0 Å². The van der Waals surface area contributed by atoms with Crippen molar-refractivity contribution in [3.05, 3.63) is 17.6 Å². The van der Waals surface area contributed by atoms with Crippen LogP contribution in [0, 0.1) is 0 Å². The van der Waals surface area contributed by atoms with Gasteiger partial charge in [-0.25, -0.2) is 9.97 Å². The van der Waals surface area contributed by atoms with Gasteiger partial charge in [0.15, 0.2) is 0 Å². The lowest BCUT2D eigenvalue weighted by atomic mass is 9.94. The lowest BCUT2D eigenvalue weighted by Crippen LogP contribution is -2.23. The van der Waals surface area contributed by atoms with Crippen LogP contribution in [0.3, 0.4) is 0 Å². The highest BCUT2D eigenvalue weighted by molar-refractivity contribution is 5.47. The molecule has 0 radical (unpaired) electrons. The first-order chi connectivity index (χ1) is 9.43. The third-order valence-electron chi connectivity index (χ3n) is 4.57. The molecule has 0 aliphatic heterocycles. The Hall–Kier alpha value is -1.12. The average Bonchev–Trinajstić information content (AvgIpc) is 2.42. The van der Waals surface area contributed by atoms with E-state index in [1.807, 2.05) is 0 Å². The molecule has 3 heteroatoms. The molecule has 0 atom stereocenters. The molecule has 2 aliphatic rings. The maximum atomic E-state index is 4.52. The fourth-order valence-electron chi connectivity index (χ4n) is 3.44. The Morgan fingerprint density at radius 1 is 0.842 bits per heavy atom. The van der Waals surface area contributed by atoms with E-state index < -0.39 is 0 Å². The summed E-state index contributed by atoms with van der Waals surface area (Å²) in [6, 6.07) is 0.626. The lowest BCUT2D eigenvalue weighted by Gasteiger charge is -2.24. The van der Waals surface area contributed by atoms with E-state index in [4.69, 9.17) is 0 Å². The number of aromatic nitrogens is 2. The van der Waals surface area contributed by atoms with Gasteiger partial charge in [0.05, 0.1) is 0 Å². The molecule has 2 aliphatic carbocycles. The molecule has 0 unspecified atom stereocenters. The Bertz CT molecular complexity index is 408. The average molecular weight is 259 g/mol. The van der Waals surface area contributed by atoms with Crippen molar-refractivity contribution in [1.29, 1.82) is 0 Å². The van der Waals surface area contributed by atoms with Crippen LogP contribution in [-0.4, -0.2) is 16.0 Å². The second kappa shape index (κ2) is 6.36. The molecular formula is C16H25N3. The van der Waals surface area contributed by atoms with Gasteiger partial charge in [-0.3, -0.25) is 0 Å². The van der Waals surface area contributed by atoms with E-state index in [0.29, 0.717) is 6.04 Å². The molecule has 3 rings (SSSR count). The van der Waals surface area contributed by atoms with Crippen LogP contribution in [0.5, 0.6) is 0 Å². The minimum atomic E-state index is 0.626.